The second-order valence-corrected chi connectivity index (χ2v) is 7.27. The number of hydrogen-bond acceptors (Lipinski definition) is 5. The van der Waals surface area contributed by atoms with Gasteiger partial charge in [0.1, 0.15) is 29.6 Å². The predicted octanol–water partition coefficient (Wildman–Crippen LogP) is 4.38. The van der Waals surface area contributed by atoms with E-state index >= 15 is 0 Å². The first-order valence-corrected chi connectivity index (χ1v) is 9.35. The van der Waals surface area contributed by atoms with Crippen LogP contribution in [0.4, 0.5) is 14.7 Å². The topological polar surface area (TPSA) is 93.8 Å². The Balaban J connectivity index is 0.00000306. The number of aromatic nitrogens is 5. The molecular formula is C23H13F2N7Pt. The first-order chi connectivity index (χ1) is 15.3. The number of nitriles is 1. The molecule has 7 nitrogen and oxygen atoms in total. The zero-order chi connectivity index (χ0) is 22.9. The summed E-state index contributed by atoms with van der Waals surface area (Å²) in [6.45, 7) is 10.8. The fourth-order valence-electron chi connectivity index (χ4n) is 3.16. The van der Waals surface area contributed by atoms with E-state index in [2.05, 4.69) is 35.8 Å². The van der Waals surface area contributed by atoms with E-state index in [0.717, 1.165) is 6.07 Å². The number of hydrogen-bond donors (Lipinski definition) is 0. The van der Waals surface area contributed by atoms with Crippen LogP contribution in [0.5, 0.6) is 0 Å². The molecule has 0 aliphatic heterocycles. The van der Waals surface area contributed by atoms with Crippen LogP contribution in [0.15, 0.2) is 42.5 Å². The third-order valence-electron chi connectivity index (χ3n) is 4.88. The number of imidazole rings is 1. The van der Waals surface area contributed by atoms with Crippen LogP contribution in [0, 0.1) is 35.9 Å². The van der Waals surface area contributed by atoms with E-state index in [0.29, 0.717) is 17.1 Å². The summed E-state index contributed by atoms with van der Waals surface area (Å²) in [6.07, 6.45) is 0. The minimum atomic E-state index is -0.998. The average molecular weight is 620 g/mol. The summed E-state index contributed by atoms with van der Waals surface area (Å²) in [7, 11) is 0. The fourth-order valence-corrected chi connectivity index (χ4v) is 3.16. The molecule has 0 amide bonds. The van der Waals surface area contributed by atoms with Crippen molar-refractivity contribution in [3.63, 3.8) is 0 Å². The molecular weight excluding hydrogens is 607 g/mol. The summed E-state index contributed by atoms with van der Waals surface area (Å²) < 4.78 is 27.3. The van der Waals surface area contributed by atoms with Crippen molar-refractivity contribution < 1.29 is 29.8 Å². The second-order valence-electron chi connectivity index (χ2n) is 7.27. The summed E-state index contributed by atoms with van der Waals surface area (Å²) in [4.78, 5) is 23.5. The number of halogens is 2. The van der Waals surface area contributed by atoms with Crippen molar-refractivity contribution in [2.45, 2.75) is 19.3 Å². The monoisotopic (exact) mass is 620 g/mol. The Bertz CT molecular complexity index is 1420. The van der Waals surface area contributed by atoms with Crippen LogP contribution < -0.4 is 4.98 Å². The Labute approximate surface area is 202 Å². The van der Waals surface area contributed by atoms with E-state index in [9.17, 15) is 14.0 Å². The molecule has 0 atom stereocenters. The smallest absolute Gasteiger partial charge is 0.535 e. The van der Waals surface area contributed by atoms with Gasteiger partial charge in [0, 0.05) is 11.1 Å². The molecule has 0 aliphatic rings. The molecule has 4 heterocycles. The molecule has 33 heavy (non-hydrogen) atoms. The van der Waals surface area contributed by atoms with Crippen molar-refractivity contribution in [2.24, 2.45) is 0 Å². The van der Waals surface area contributed by atoms with Gasteiger partial charge in [0.2, 0.25) is 0 Å². The molecule has 0 bridgehead atoms. The van der Waals surface area contributed by atoms with Crippen LogP contribution in [0.2, 0.25) is 0 Å². The Hall–Kier alpha value is -3.81. The molecule has 0 radical (unpaired) electrons. The SMILES string of the molecule is [C-]#[N+]c1nc(C#N)c(-c2cccc(C(C)(C)c3cccc(-c4[c-]cc(F)nc4F)n3)n2)[n-]1.[Pt+2]. The second kappa shape index (κ2) is 9.36. The Morgan fingerprint density at radius 3 is 2.27 bits per heavy atom. The third kappa shape index (κ3) is 4.55. The molecule has 4 rings (SSSR count). The van der Waals surface area contributed by atoms with Gasteiger partial charge in [-0.05, 0) is 37.7 Å². The van der Waals surface area contributed by atoms with Crippen molar-refractivity contribution in [1.82, 2.24) is 24.9 Å². The van der Waals surface area contributed by atoms with Gasteiger partial charge in [-0.1, -0.05) is 29.8 Å². The van der Waals surface area contributed by atoms with Gasteiger partial charge in [-0.2, -0.15) is 5.26 Å². The van der Waals surface area contributed by atoms with Gasteiger partial charge in [-0.15, -0.1) is 6.07 Å². The number of rotatable bonds is 4. The summed E-state index contributed by atoms with van der Waals surface area (Å²) in [5.41, 5.74) is 1.32. The van der Waals surface area contributed by atoms with Gasteiger partial charge in [0.25, 0.3) is 0 Å². The van der Waals surface area contributed by atoms with Gasteiger partial charge in [0.15, 0.2) is 5.69 Å². The fraction of sp³-hybridized carbons (Fsp3) is 0.130. The Kier molecular flexibility index (Phi) is 6.76. The van der Waals surface area contributed by atoms with Crippen molar-refractivity contribution in [3.8, 4) is 28.7 Å². The molecule has 4 aromatic heterocycles. The number of pyridine rings is 3. The minimum Gasteiger partial charge on any atom is -0.535 e. The maximum atomic E-state index is 14.1. The van der Waals surface area contributed by atoms with Crippen molar-refractivity contribution >= 4 is 5.95 Å². The Morgan fingerprint density at radius 1 is 1.03 bits per heavy atom. The zero-order valence-electron chi connectivity index (χ0n) is 17.2. The molecule has 0 N–H and O–H groups in total. The molecule has 4 aromatic rings. The van der Waals surface area contributed by atoms with Crippen molar-refractivity contribution in [1.29, 1.82) is 5.26 Å². The molecule has 0 aliphatic carbocycles. The van der Waals surface area contributed by atoms with E-state index in [1.165, 1.54) is 0 Å². The summed E-state index contributed by atoms with van der Waals surface area (Å²) >= 11 is 0. The predicted molar refractivity (Wildman–Crippen MR) is 110 cm³/mol. The molecule has 0 saturated heterocycles. The first-order valence-electron chi connectivity index (χ1n) is 9.35. The van der Waals surface area contributed by atoms with Gasteiger partial charge in [-0.3, -0.25) is 19.9 Å². The van der Waals surface area contributed by atoms with Gasteiger partial charge >= 0.3 is 21.1 Å². The van der Waals surface area contributed by atoms with Gasteiger partial charge < -0.3 is 9.83 Å². The minimum absolute atomic E-state index is 0. The summed E-state index contributed by atoms with van der Waals surface area (Å²) in [5, 5.41) is 9.32. The largest absolute Gasteiger partial charge is 2.00 e. The van der Waals surface area contributed by atoms with Crippen LogP contribution in [0.3, 0.4) is 0 Å². The van der Waals surface area contributed by atoms with Crippen molar-refractivity contribution in [2.75, 3.05) is 0 Å². The van der Waals surface area contributed by atoms with E-state index in [-0.39, 0.29) is 49.7 Å². The average Bonchev–Trinajstić information content (AvgIpc) is 3.23. The molecule has 10 heteroatoms. The molecule has 0 fully saturated rings. The quantitative estimate of drug-likeness (QED) is 0.249. The molecule has 0 aromatic carbocycles. The van der Waals surface area contributed by atoms with Crippen LogP contribution in [-0.4, -0.2) is 19.9 Å². The van der Waals surface area contributed by atoms with Gasteiger partial charge in [0.05, 0.1) is 11.4 Å². The summed E-state index contributed by atoms with van der Waals surface area (Å²) in [6, 6.07) is 15.7. The van der Waals surface area contributed by atoms with Crippen LogP contribution in [-0.2, 0) is 26.5 Å². The molecule has 0 saturated carbocycles. The van der Waals surface area contributed by atoms with Crippen LogP contribution in [0.25, 0.3) is 27.5 Å². The molecule has 0 unspecified atom stereocenters. The van der Waals surface area contributed by atoms with E-state index in [1.54, 1.807) is 36.4 Å². The van der Waals surface area contributed by atoms with Gasteiger partial charge in [-0.25, -0.2) is 15.4 Å². The summed E-state index contributed by atoms with van der Waals surface area (Å²) in [5.74, 6) is -2.08. The van der Waals surface area contributed by atoms with E-state index in [1.807, 2.05) is 19.9 Å². The standard InChI is InChI=1S/C23H13F2N7.Pt/c1-23(2,17-8-4-6-14(28-17)13-10-11-19(24)31-21(13)25)18-9-5-7-15(29-18)20-16(12-26)30-22(27-3)32-20;/h4-9,11H,1-2H3;/q-2;+2. The maximum absolute atomic E-state index is 14.1. The Morgan fingerprint density at radius 2 is 1.67 bits per heavy atom. The maximum Gasteiger partial charge on any atom is 2.00 e. The normalized spacial score (nSPS) is 10.7. The van der Waals surface area contributed by atoms with Crippen LogP contribution >= 0.6 is 0 Å². The third-order valence-corrected chi connectivity index (χ3v) is 4.88. The van der Waals surface area contributed by atoms with E-state index in [4.69, 9.17) is 6.57 Å². The van der Waals surface area contributed by atoms with Crippen LogP contribution in [0.1, 0.15) is 30.9 Å². The van der Waals surface area contributed by atoms with Crippen molar-refractivity contribution in [3.05, 3.63) is 88.9 Å². The molecule has 0 spiro atoms. The molecule has 164 valence electrons. The zero-order valence-corrected chi connectivity index (χ0v) is 19.5. The first kappa shape index (κ1) is 23.8. The van der Waals surface area contributed by atoms with E-state index < -0.39 is 17.3 Å². The number of nitrogens with zero attached hydrogens (tertiary/aromatic N) is 7.